The number of thioether (sulfide) groups is 1. The monoisotopic (exact) mass is 502 g/mol. The van der Waals surface area contributed by atoms with Crippen molar-refractivity contribution >= 4 is 45.7 Å². The third kappa shape index (κ3) is 5.90. The van der Waals surface area contributed by atoms with E-state index in [2.05, 4.69) is 10.6 Å². The number of amides is 2. The summed E-state index contributed by atoms with van der Waals surface area (Å²) in [6, 6.07) is 38.7. The van der Waals surface area contributed by atoms with Gasteiger partial charge in [-0.15, -0.1) is 11.8 Å². The summed E-state index contributed by atoms with van der Waals surface area (Å²) in [5.74, 6) is -0.280. The molecule has 37 heavy (non-hydrogen) atoms. The highest BCUT2D eigenvalue weighted by molar-refractivity contribution is 8.00. The summed E-state index contributed by atoms with van der Waals surface area (Å²) >= 11 is 1.45. The van der Waals surface area contributed by atoms with Crippen LogP contribution in [0.1, 0.15) is 26.7 Å². The van der Waals surface area contributed by atoms with E-state index < -0.39 is 5.25 Å². The number of carbonyl (C=O) groups excluding carboxylic acids is 2. The number of hydrogen-bond donors (Lipinski definition) is 2. The summed E-state index contributed by atoms with van der Waals surface area (Å²) < 4.78 is 0. The molecule has 0 bridgehead atoms. The molecule has 5 rings (SSSR count). The fourth-order valence-electron chi connectivity index (χ4n) is 4.12. The minimum Gasteiger partial charge on any atom is -0.324 e. The van der Waals surface area contributed by atoms with E-state index in [0.717, 1.165) is 32.5 Å². The molecular formula is C32H26N2O2S. The Hall–Kier alpha value is -4.35. The summed E-state index contributed by atoms with van der Waals surface area (Å²) in [6.45, 7) is 1.99. The van der Waals surface area contributed by atoms with Gasteiger partial charge in [0.15, 0.2) is 0 Å². The van der Waals surface area contributed by atoms with Crippen LogP contribution in [0, 0.1) is 6.92 Å². The number of aryl methyl sites for hydroxylation is 1. The van der Waals surface area contributed by atoms with E-state index in [4.69, 9.17) is 0 Å². The van der Waals surface area contributed by atoms with Crippen LogP contribution in [0.5, 0.6) is 0 Å². The van der Waals surface area contributed by atoms with Crippen LogP contribution in [-0.2, 0) is 4.79 Å². The first-order valence-corrected chi connectivity index (χ1v) is 12.9. The maximum atomic E-state index is 13.6. The lowest BCUT2D eigenvalue weighted by atomic mass is 10.1. The predicted octanol–water partition coefficient (Wildman–Crippen LogP) is 7.87. The zero-order valence-electron chi connectivity index (χ0n) is 20.3. The van der Waals surface area contributed by atoms with Crippen molar-refractivity contribution in [3.63, 3.8) is 0 Å². The van der Waals surface area contributed by atoms with E-state index in [9.17, 15) is 9.59 Å². The van der Waals surface area contributed by atoms with Gasteiger partial charge in [0.25, 0.3) is 5.91 Å². The van der Waals surface area contributed by atoms with Crippen molar-refractivity contribution in [2.45, 2.75) is 17.1 Å². The molecule has 5 heteroatoms. The molecule has 0 radical (unpaired) electrons. The SMILES string of the molecule is Cc1ccc(C(=O)Nc2cccc(SC(C(=O)Nc3cccc4ccccc34)c3ccccc3)c2)cc1. The molecule has 0 aliphatic carbocycles. The maximum absolute atomic E-state index is 13.6. The van der Waals surface area contributed by atoms with Gasteiger partial charge in [0.1, 0.15) is 5.25 Å². The van der Waals surface area contributed by atoms with Crippen LogP contribution in [0.15, 0.2) is 126 Å². The highest BCUT2D eigenvalue weighted by Crippen LogP contribution is 2.38. The molecule has 0 saturated carbocycles. The number of nitrogens with one attached hydrogen (secondary N) is 2. The molecule has 0 saturated heterocycles. The van der Waals surface area contributed by atoms with E-state index in [1.165, 1.54) is 11.8 Å². The molecule has 2 N–H and O–H groups in total. The van der Waals surface area contributed by atoms with E-state index >= 15 is 0 Å². The predicted molar refractivity (Wildman–Crippen MR) is 153 cm³/mol. The fraction of sp³-hybridized carbons (Fsp3) is 0.0625. The Morgan fingerprint density at radius 1 is 0.703 bits per heavy atom. The standard InChI is InChI=1S/C32H26N2O2S/c1-22-17-19-25(20-18-22)31(35)33-26-13-8-14-27(21-26)37-30(24-10-3-2-4-11-24)32(36)34-29-16-7-12-23-9-5-6-15-28(23)29/h2-21,30H,1H3,(H,33,35)(H,34,36). The Labute approximate surface area is 220 Å². The van der Waals surface area contributed by atoms with Gasteiger partial charge in [0, 0.05) is 27.2 Å². The largest absolute Gasteiger partial charge is 0.324 e. The summed E-state index contributed by atoms with van der Waals surface area (Å²) in [7, 11) is 0. The Morgan fingerprint density at radius 3 is 2.22 bits per heavy atom. The van der Waals surface area contributed by atoms with Crippen LogP contribution >= 0.6 is 11.8 Å². The second-order valence-corrected chi connectivity index (χ2v) is 9.95. The topological polar surface area (TPSA) is 58.2 Å². The molecule has 0 heterocycles. The third-order valence-corrected chi connectivity index (χ3v) is 7.30. The van der Waals surface area contributed by atoms with Gasteiger partial charge in [-0.25, -0.2) is 0 Å². The van der Waals surface area contributed by atoms with Gasteiger partial charge in [-0.2, -0.15) is 0 Å². The first-order valence-electron chi connectivity index (χ1n) is 12.1. The minimum atomic E-state index is -0.483. The lowest BCUT2D eigenvalue weighted by molar-refractivity contribution is -0.115. The average molecular weight is 503 g/mol. The summed E-state index contributed by atoms with van der Waals surface area (Å²) in [5.41, 5.74) is 4.06. The van der Waals surface area contributed by atoms with Crippen molar-refractivity contribution in [3.05, 3.63) is 138 Å². The van der Waals surface area contributed by atoms with Crippen LogP contribution in [0.4, 0.5) is 11.4 Å². The molecule has 0 fully saturated rings. The Morgan fingerprint density at radius 2 is 1.41 bits per heavy atom. The highest BCUT2D eigenvalue weighted by Gasteiger charge is 2.23. The smallest absolute Gasteiger partial charge is 0.255 e. The van der Waals surface area contributed by atoms with E-state index in [1.54, 1.807) is 0 Å². The number of fused-ring (bicyclic) bond motifs is 1. The Kier molecular flexibility index (Phi) is 7.33. The molecule has 0 aliphatic rings. The Bertz CT molecular complexity index is 1540. The van der Waals surface area contributed by atoms with Crippen LogP contribution in [-0.4, -0.2) is 11.8 Å². The average Bonchev–Trinajstić information content (AvgIpc) is 2.93. The van der Waals surface area contributed by atoms with Crippen LogP contribution in [0.3, 0.4) is 0 Å². The van der Waals surface area contributed by atoms with Crippen LogP contribution < -0.4 is 10.6 Å². The lowest BCUT2D eigenvalue weighted by Gasteiger charge is -2.18. The molecular weight excluding hydrogens is 476 g/mol. The third-order valence-electron chi connectivity index (χ3n) is 6.05. The molecule has 4 nitrogen and oxygen atoms in total. The van der Waals surface area contributed by atoms with E-state index in [1.807, 2.05) is 128 Å². The zero-order valence-corrected chi connectivity index (χ0v) is 21.2. The second kappa shape index (κ2) is 11.1. The van der Waals surface area contributed by atoms with Gasteiger partial charge in [0.2, 0.25) is 5.91 Å². The molecule has 0 aromatic heterocycles. The fourth-order valence-corrected chi connectivity index (χ4v) is 5.21. The van der Waals surface area contributed by atoms with Gasteiger partial charge in [-0.1, -0.05) is 90.5 Å². The molecule has 1 unspecified atom stereocenters. The number of carbonyl (C=O) groups is 2. The number of hydrogen-bond acceptors (Lipinski definition) is 3. The molecule has 5 aromatic rings. The molecule has 0 aliphatic heterocycles. The van der Waals surface area contributed by atoms with Gasteiger partial charge in [-0.05, 0) is 54.3 Å². The first kappa shape index (κ1) is 24.3. The molecule has 1 atom stereocenters. The molecule has 182 valence electrons. The highest BCUT2D eigenvalue weighted by atomic mass is 32.2. The number of benzene rings is 5. The van der Waals surface area contributed by atoms with E-state index in [0.29, 0.717) is 11.3 Å². The molecule has 0 spiro atoms. The van der Waals surface area contributed by atoms with Crippen LogP contribution in [0.25, 0.3) is 10.8 Å². The van der Waals surface area contributed by atoms with Crippen molar-refractivity contribution in [2.75, 3.05) is 10.6 Å². The lowest BCUT2D eigenvalue weighted by Crippen LogP contribution is -2.19. The van der Waals surface area contributed by atoms with E-state index in [-0.39, 0.29) is 11.8 Å². The van der Waals surface area contributed by atoms with Gasteiger partial charge >= 0.3 is 0 Å². The van der Waals surface area contributed by atoms with Crippen molar-refractivity contribution in [1.82, 2.24) is 0 Å². The maximum Gasteiger partial charge on any atom is 0.255 e. The normalized spacial score (nSPS) is 11.6. The van der Waals surface area contributed by atoms with Crippen molar-refractivity contribution in [2.24, 2.45) is 0 Å². The van der Waals surface area contributed by atoms with Gasteiger partial charge in [0.05, 0.1) is 0 Å². The number of anilines is 2. The van der Waals surface area contributed by atoms with Crippen LogP contribution in [0.2, 0.25) is 0 Å². The van der Waals surface area contributed by atoms with Crippen molar-refractivity contribution in [1.29, 1.82) is 0 Å². The van der Waals surface area contributed by atoms with Gasteiger partial charge in [-0.3, -0.25) is 9.59 Å². The molecule has 5 aromatic carbocycles. The summed E-state index contributed by atoms with van der Waals surface area (Å²) in [4.78, 5) is 27.2. The summed E-state index contributed by atoms with van der Waals surface area (Å²) in [6.07, 6.45) is 0. The summed E-state index contributed by atoms with van der Waals surface area (Å²) in [5, 5.41) is 7.70. The number of rotatable bonds is 7. The second-order valence-electron chi connectivity index (χ2n) is 8.77. The quantitative estimate of drug-likeness (QED) is 0.223. The minimum absolute atomic E-state index is 0.110. The first-order chi connectivity index (χ1) is 18.1. The van der Waals surface area contributed by atoms with Crippen molar-refractivity contribution in [3.8, 4) is 0 Å². The zero-order chi connectivity index (χ0) is 25.6. The van der Waals surface area contributed by atoms with Crippen molar-refractivity contribution < 1.29 is 9.59 Å². The van der Waals surface area contributed by atoms with Gasteiger partial charge < -0.3 is 10.6 Å². The molecule has 2 amide bonds. The Balaban J connectivity index is 1.38.